The third-order valence-corrected chi connectivity index (χ3v) is 3.11. The number of carboxylic acid groups (broad SMARTS) is 1. The Bertz CT molecular complexity index is 404. The minimum atomic E-state index is -0.866. The molecule has 0 aliphatic carbocycles. The maximum absolute atomic E-state index is 11.3. The summed E-state index contributed by atoms with van der Waals surface area (Å²) in [6, 6.07) is 0. The molecular weight excluding hydrogens is 206 g/mol. The highest BCUT2D eigenvalue weighted by Crippen LogP contribution is 2.31. The Balaban J connectivity index is 2.33. The minimum absolute atomic E-state index is 0.507. The van der Waals surface area contributed by atoms with Crippen molar-refractivity contribution in [2.45, 2.75) is 32.2 Å². The summed E-state index contributed by atoms with van der Waals surface area (Å²) in [5, 5.41) is 9.26. The average Bonchev–Trinajstić information content (AvgIpc) is 2.63. The molecular formula is C11H15N3O2. The van der Waals surface area contributed by atoms with E-state index in [-0.39, 0.29) is 0 Å². The molecule has 1 saturated heterocycles. The summed E-state index contributed by atoms with van der Waals surface area (Å²) in [5.41, 5.74) is 0.106. The van der Waals surface area contributed by atoms with Crippen LogP contribution in [0.25, 0.3) is 0 Å². The van der Waals surface area contributed by atoms with Gasteiger partial charge in [0.2, 0.25) is 5.95 Å². The standard InChI is InChI=1S/C11H15N3O2/c1-8-6-12-10(13-7-8)14-5-3-4-11(14,2)9(15)16/h6-7H,3-5H2,1-2H3,(H,15,16). The van der Waals surface area contributed by atoms with Gasteiger partial charge in [-0.15, -0.1) is 0 Å². The molecule has 1 unspecified atom stereocenters. The number of carboxylic acids is 1. The van der Waals surface area contributed by atoms with Crippen LogP contribution in [0.5, 0.6) is 0 Å². The lowest BCUT2D eigenvalue weighted by Gasteiger charge is -2.30. The normalized spacial score (nSPS) is 24.8. The predicted octanol–water partition coefficient (Wildman–Crippen LogP) is 1.23. The second kappa shape index (κ2) is 3.73. The van der Waals surface area contributed by atoms with Crippen LogP contribution in [-0.2, 0) is 4.79 Å². The maximum atomic E-state index is 11.3. The van der Waals surface area contributed by atoms with Crippen molar-refractivity contribution in [3.63, 3.8) is 0 Å². The molecule has 16 heavy (non-hydrogen) atoms. The molecule has 5 heteroatoms. The lowest BCUT2D eigenvalue weighted by atomic mass is 10.00. The van der Waals surface area contributed by atoms with Gasteiger partial charge < -0.3 is 10.0 Å². The Hall–Kier alpha value is -1.65. The number of aryl methyl sites for hydroxylation is 1. The van der Waals surface area contributed by atoms with Crippen LogP contribution in [0.15, 0.2) is 12.4 Å². The monoisotopic (exact) mass is 221 g/mol. The number of carbonyl (C=O) groups is 1. The minimum Gasteiger partial charge on any atom is -0.480 e. The zero-order valence-electron chi connectivity index (χ0n) is 9.47. The summed E-state index contributed by atoms with van der Waals surface area (Å²) in [6.07, 6.45) is 4.92. The number of aliphatic carboxylic acids is 1. The number of hydrogen-bond acceptors (Lipinski definition) is 4. The first kappa shape index (κ1) is 10.9. The van der Waals surface area contributed by atoms with Gasteiger partial charge in [0, 0.05) is 18.9 Å². The van der Waals surface area contributed by atoms with Crippen molar-refractivity contribution in [3.8, 4) is 0 Å². The van der Waals surface area contributed by atoms with Gasteiger partial charge in [0.05, 0.1) is 0 Å². The summed E-state index contributed by atoms with van der Waals surface area (Å²) >= 11 is 0. The van der Waals surface area contributed by atoms with E-state index < -0.39 is 11.5 Å². The van der Waals surface area contributed by atoms with Crippen LogP contribution >= 0.6 is 0 Å². The van der Waals surface area contributed by atoms with Crippen LogP contribution in [0.1, 0.15) is 25.3 Å². The van der Waals surface area contributed by atoms with E-state index in [1.807, 2.05) is 6.92 Å². The number of hydrogen-bond donors (Lipinski definition) is 1. The van der Waals surface area contributed by atoms with Gasteiger partial charge in [0.1, 0.15) is 5.54 Å². The van der Waals surface area contributed by atoms with Gasteiger partial charge in [-0.1, -0.05) is 0 Å². The Morgan fingerprint density at radius 1 is 1.50 bits per heavy atom. The van der Waals surface area contributed by atoms with E-state index in [2.05, 4.69) is 9.97 Å². The first-order valence-corrected chi connectivity index (χ1v) is 5.34. The van der Waals surface area contributed by atoms with Crippen molar-refractivity contribution in [1.29, 1.82) is 0 Å². The molecule has 2 heterocycles. The van der Waals surface area contributed by atoms with E-state index in [0.717, 1.165) is 12.0 Å². The summed E-state index contributed by atoms with van der Waals surface area (Å²) in [6.45, 7) is 4.33. The molecule has 86 valence electrons. The van der Waals surface area contributed by atoms with Crippen molar-refractivity contribution in [1.82, 2.24) is 9.97 Å². The lowest BCUT2D eigenvalue weighted by molar-refractivity contribution is -0.142. The highest BCUT2D eigenvalue weighted by atomic mass is 16.4. The summed E-state index contributed by atoms with van der Waals surface area (Å²) in [4.78, 5) is 21.4. The Morgan fingerprint density at radius 3 is 2.69 bits per heavy atom. The molecule has 0 radical (unpaired) electrons. The van der Waals surface area contributed by atoms with Crippen molar-refractivity contribution in [3.05, 3.63) is 18.0 Å². The predicted molar refractivity (Wildman–Crippen MR) is 59.4 cm³/mol. The molecule has 0 aromatic carbocycles. The van der Waals surface area contributed by atoms with Crippen LogP contribution in [-0.4, -0.2) is 33.1 Å². The van der Waals surface area contributed by atoms with Crippen LogP contribution < -0.4 is 4.90 Å². The molecule has 1 aliphatic rings. The van der Waals surface area contributed by atoms with Gasteiger partial charge in [-0.25, -0.2) is 14.8 Å². The fourth-order valence-electron chi connectivity index (χ4n) is 2.03. The lowest BCUT2D eigenvalue weighted by Crippen LogP contribution is -2.48. The Kier molecular flexibility index (Phi) is 2.53. The van der Waals surface area contributed by atoms with E-state index >= 15 is 0 Å². The highest BCUT2D eigenvalue weighted by molar-refractivity contribution is 5.83. The molecule has 0 bridgehead atoms. The Labute approximate surface area is 94.1 Å². The van der Waals surface area contributed by atoms with Crippen LogP contribution in [0.4, 0.5) is 5.95 Å². The molecule has 0 saturated carbocycles. The van der Waals surface area contributed by atoms with Gasteiger partial charge >= 0.3 is 5.97 Å². The summed E-state index contributed by atoms with van der Waals surface area (Å²) < 4.78 is 0. The Morgan fingerprint density at radius 2 is 2.12 bits per heavy atom. The smallest absolute Gasteiger partial charge is 0.329 e. The van der Waals surface area contributed by atoms with Gasteiger partial charge in [-0.3, -0.25) is 0 Å². The largest absolute Gasteiger partial charge is 0.480 e. The highest BCUT2D eigenvalue weighted by Gasteiger charge is 2.44. The molecule has 1 N–H and O–H groups in total. The second-order valence-electron chi connectivity index (χ2n) is 4.39. The quantitative estimate of drug-likeness (QED) is 0.813. The second-order valence-corrected chi connectivity index (χ2v) is 4.39. The molecule has 1 aromatic rings. The number of rotatable bonds is 2. The zero-order valence-corrected chi connectivity index (χ0v) is 9.47. The SMILES string of the molecule is Cc1cnc(N2CCCC2(C)C(=O)O)nc1. The average molecular weight is 221 g/mol. The molecule has 1 fully saturated rings. The van der Waals surface area contributed by atoms with Crippen LogP contribution in [0, 0.1) is 6.92 Å². The van der Waals surface area contributed by atoms with E-state index in [4.69, 9.17) is 0 Å². The zero-order chi connectivity index (χ0) is 11.8. The number of anilines is 1. The van der Waals surface area contributed by atoms with E-state index in [1.54, 1.807) is 24.2 Å². The van der Waals surface area contributed by atoms with Crippen LogP contribution in [0.3, 0.4) is 0 Å². The number of aromatic nitrogens is 2. The van der Waals surface area contributed by atoms with Crippen molar-refractivity contribution in [2.24, 2.45) is 0 Å². The molecule has 5 nitrogen and oxygen atoms in total. The summed E-state index contributed by atoms with van der Waals surface area (Å²) in [5.74, 6) is -0.304. The summed E-state index contributed by atoms with van der Waals surface area (Å²) in [7, 11) is 0. The molecule has 1 atom stereocenters. The fourth-order valence-corrected chi connectivity index (χ4v) is 2.03. The molecule has 1 aromatic heterocycles. The third kappa shape index (κ3) is 1.62. The first-order chi connectivity index (χ1) is 7.54. The van der Waals surface area contributed by atoms with E-state index in [1.165, 1.54) is 0 Å². The van der Waals surface area contributed by atoms with Gasteiger partial charge in [-0.2, -0.15) is 0 Å². The maximum Gasteiger partial charge on any atom is 0.329 e. The topological polar surface area (TPSA) is 66.3 Å². The molecule has 1 aliphatic heterocycles. The first-order valence-electron chi connectivity index (χ1n) is 5.34. The van der Waals surface area contributed by atoms with Crippen LogP contribution in [0.2, 0.25) is 0 Å². The van der Waals surface area contributed by atoms with Crippen molar-refractivity contribution < 1.29 is 9.90 Å². The van der Waals surface area contributed by atoms with Gasteiger partial charge in [0.25, 0.3) is 0 Å². The van der Waals surface area contributed by atoms with E-state index in [0.29, 0.717) is 18.9 Å². The van der Waals surface area contributed by atoms with Gasteiger partial charge in [0.15, 0.2) is 0 Å². The molecule has 0 amide bonds. The molecule has 0 spiro atoms. The van der Waals surface area contributed by atoms with Crippen molar-refractivity contribution in [2.75, 3.05) is 11.4 Å². The number of nitrogens with zero attached hydrogens (tertiary/aromatic N) is 3. The molecule has 2 rings (SSSR count). The fraction of sp³-hybridized carbons (Fsp3) is 0.545. The third-order valence-electron chi connectivity index (χ3n) is 3.11. The van der Waals surface area contributed by atoms with E-state index in [9.17, 15) is 9.90 Å². The van der Waals surface area contributed by atoms with Gasteiger partial charge in [-0.05, 0) is 32.3 Å². The van der Waals surface area contributed by atoms with Crippen molar-refractivity contribution >= 4 is 11.9 Å².